The first kappa shape index (κ1) is 12.6. The molecular weight excluding hydrogens is 262 g/mol. The van der Waals surface area contributed by atoms with E-state index in [-0.39, 0.29) is 0 Å². The van der Waals surface area contributed by atoms with E-state index in [4.69, 9.17) is 11.6 Å². The maximum Gasteiger partial charge on any atom is 0.138 e. The summed E-state index contributed by atoms with van der Waals surface area (Å²) in [5.74, 6) is 0.933. The molecule has 3 heterocycles. The molecule has 1 N–H and O–H groups in total. The summed E-state index contributed by atoms with van der Waals surface area (Å²) in [4.78, 5) is 10.9. The molecule has 2 unspecified atom stereocenters. The number of aliphatic hydroxyl groups is 1. The van der Waals surface area contributed by atoms with Crippen molar-refractivity contribution in [1.82, 2.24) is 9.97 Å². The third-order valence-electron chi connectivity index (χ3n) is 3.79. The maximum absolute atomic E-state index is 9.85. The van der Waals surface area contributed by atoms with Crippen molar-refractivity contribution in [3.63, 3.8) is 0 Å². The van der Waals surface area contributed by atoms with Crippen LogP contribution in [0.4, 0.5) is 5.82 Å². The predicted octanol–water partition coefficient (Wildman–Crippen LogP) is 2.94. The van der Waals surface area contributed by atoms with Gasteiger partial charge in [-0.25, -0.2) is 9.97 Å². The van der Waals surface area contributed by atoms with E-state index in [2.05, 4.69) is 21.8 Å². The van der Waals surface area contributed by atoms with Crippen molar-refractivity contribution in [2.45, 2.75) is 32.4 Å². The van der Waals surface area contributed by atoms with Crippen LogP contribution in [-0.4, -0.2) is 27.7 Å². The number of aromatic nitrogens is 2. The van der Waals surface area contributed by atoms with Crippen LogP contribution in [-0.2, 0) is 0 Å². The van der Waals surface area contributed by atoms with Gasteiger partial charge in [0.25, 0.3) is 0 Å². The smallest absolute Gasteiger partial charge is 0.138 e. The Kier molecular flexibility index (Phi) is 3.07. The van der Waals surface area contributed by atoms with Crippen LogP contribution in [0.3, 0.4) is 0 Å². The molecular formula is C14H16ClN3O. The summed E-state index contributed by atoms with van der Waals surface area (Å²) in [6.45, 7) is 4.93. The molecule has 3 rings (SSSR count). The molecule has 19 heavy (non-hydrogen) atoms. The lowest BCUT2D eigenvalue weighted by molar-refractivity contribution is 0.200. The minimum atomic E-state index is -0.573. The molecule has 1 aliphatic heterocycles. The van der Waals surface area contributed by atoms with Crippen molar-refractivity contribution in [3.8, 4) is 0 Å². The molecule has 0 bridgehead atoms. The number of nitrogens with zero attached hydrogens (tertiary/aromatic N) is 3. The van der Waals surface area contributed by atoms with Crippen LogP contribution in [0.25, 0.3) is 10.8 Å². The number of halogens is 1. The molecule has 2 aromatic heterocycles. The Balaban J connectivity index is 2.23. The van der Waals surface area contributed by atoms with Crippen molar-refractivity contribution < 1.29 is 5.11 Å². The molecule has 1 fully saturated rings. The third kappa shape index (κ3) is 2.05. The summed E-state index contributed by atoms with van der Waals surface area (Å²) in [7, 11) is 0. The van der Waals surface area contributed by atoms with Gasteiger partial charge in [0.15, 0.2) is 0 Å². The average Bonchev–Trinajstić information content (AvgIpc) is 2.36. The molecule has 5 heteroatoms. The van der Waals surface area contributed by atoms with Gasteiger partial charge in [-0.05, 0) is 31.7 Å². The Labute approximate surface area is 117 Å². The Morgan fingerprint density at radius 3 is 2.74 bits per heavy atom. The molecule has 2 atom stereocenters. The fourth-order valence-corrected chi connectivity index (χ4v) is 2.67. The standard InChI is InChI=1S/C14H16ClN3O/c1-8-3-4-18(8)14-12-7-16-13(15)5-10(12)11(6-17-14)9(2)19/h5-9,19H,3-4H2,1-2H3. The Morgan fingerprint density at radius 2 is 2.16 bits per heavy atom. The molecule has 0 radical (unpaired) electrons. The highest BCUT2D eigenvalue weighted by atomic mass is 35.5. The van der Waals surface area contributed by atoms with Crippen molar-refractivity contribution in [2.75, 3.05) is 11.4 Å². The summed E-state index contributed by atoms with van der Waals surface area (Å²) in [6.07, 6.45) is 4.10. The van der Waals surface area contributed by atoms with E-state index in [1.165, 1.54) is 6.42 Å². The van der Waals surface area contributed by atoms with Crippen LogP contribution in [0, 0.1) is 0 Å². The first-order chi connectivity index (χ1) is 9.08. The first-order valence-corrected chi connectivity index (χ1v) is 6.84. The largest absolute Gasteiger partial charge is 0.389 e. The molecule has 1 aliphatic rings. The highest BCUT2D eigenvalue weighted by Gasteiger charge is 2.27. The van der Waals surface area contributed by atoms with Crippen molar-refractivity contribution in [2.24, 2.45) is 0 Å². The summed E-state index contributed by atoms with van der Waals surface area (Å²) < 4.78 is 0. The van der Waals surface area contributed by atoms with Crippen LogP contribution >= 0.6 is 11.6 Å². The molecule has 0 aliphatic carbocycles. The van der Waals surface area contributed by atoms with Gasteiger partial charge in [0.05, 0.1) is 6.10 Å². The lowest BCUT2D eigenvalue weighted by atomic mass is 10.0. The van der Waals surface area contributed by atoms with Gasteiger partial charge in [0.1, 0.15) is 11.0 Å². The average molecular weight is 278 g/mol. The second-order valence-electron chi connectivity index (χ2n) is 5.10. The summed E-state index contributed by atoms with van der Waals surface area (Å²) in [5.41, 5.74) is 0.788. The van der Waals surface area contributed by atoms with Crippen LogP contribution in [0.2, 0.25) is 5.15 Å². The second kappa shape index (κ2) is 4.62. The van der Waals surface area contributed by atoms with Crippen LogP contribution in [0.15, 0.2) is 18.5 Å². The molecule has 0 amide bonds. The lowest BCUT2D eigenvalue weighted by Gasteiger charge is -2.40. The zero-order chi connectivity index (χ0) is 13.6. The number of hydrogen-bond acceptors (Lipinski definition) is 4. The van der Waals surface area contributed by atoms with Crippen molar-refractivity contribution >= 4 is 28.2 Å². The van der Waals surface area contributed by atoms with Gasteiger partial charge in [-0.1, -0.05) is 11.6 Å². The third-order valence-corrected chi connectivity index (χ3v) is 4.00. The van der Waals surface area contributed by atoms with Crippen molar-refractivity contribution in [3.05, 3.63) is 29.2 Å². The molecule has 1 saturated heterocycles. The van der Waals surface area contributed by atoms with Crippen LogP contribution in [0.1, 0.15) is 31.9 Å². The van der Waals surface area contributed by atoms with E-state index in [1.54, 1.807) is 25.4 Å². The SMILES string of the molecule is CC(O)c1cnc(N2CCC2C)c2cnc(Cl)cc12. The van der Waals surface area contributed by atoms with Gasteiger partial charge in [0, 0.05) is 35.9 Å². The molecule has 100 valence electrons. The minimum absolute atomic E-state index is 0.434. The van der Waals surface area contributed by atoms with Crippen molar-refractivity contribution in [1.29, 1.82) is 0 Å². The Hall–Kier alpha value is -1.39. The summed E-state index contributed by atoms with van der Waals surface area (Å²) in [5, 5.41) is 12.2. The van der Waals surface area contributed by atoms with Gasteiger partial charge in [0.2, 0.25) is 0 Å². The fourth-order valence-electron chi connectivity index (χ4n) is 2.51. The predicted molar refractivity (Wildman–Crippen MR) is 76.6 cm³/mol. The second-order valence-corrected chi connectivity index (χ2v) is 5.48. The summed E-state index contributed by atoms with van der Waals surface area (Å²) >= 11 is 5.98. The number of anilines is 1. The first-order valence-electron chi connectivity index (χ1n) is 6.47. The van der Waals surface area contributed by atoms with E-state index in [1.807, 2.05) is 0 Å². The molecule has 2 aromatic rings. The molecule has 4 nitrogen and oxygen atoms in total. The molecule has 0 saturated carbocycles. The Morgan fingerprint density at radius 1 is 1.37 bits per heavy atom. The lowest BCUT2D eigenvalue weighted by Crippen LogP contribution is -2.46. The topological polar surface area (TPSA) is 49.3 Å². The van der Waals surface area contributed by atoms with Gasteiger partial charge in [-0.2, -0.15) is 0 Å². The van der Waals surface area contributed by atoms with Gasteiger partial charge in [-0.3, -0.25) is 0 Å². The Bertz CT molecular complexity index is 629. The minimum Gasteiger partial charge on any atom is -0.389 e. The molecule has 0 spiro atoms. The highest BCUT2D eigenvalue weighted by molar-refractivity contribution is 6.30. The van der Waals surface area contributed by atoms with Crippen LogP contribution in [0.5, 0.6) is 0 Å². The monoisotopic (exact) mass is 277 g/mol. The highest BCUT2D eigenvalue weighted by Crippen LogP contribution is 2.34. The van der Waals surface area contributed by atoms with E-state index in [0.29, 0.717) is 11.2 Å². The number of rotatable bonds is 2. The summed E-state index contributed by atoms with van der Waals surface area (Å²) in [6, 6.07) is 2.30. The van der Waals surface area contributed by atoms with E-state index < -0.39 is 6.10 Å². The number of fused-ring (bicyclic) bond motifs is 1. The number of pyridine rings is 2. The number of aliphatic hydroxyl groups excluding tert-OH is 1. The van der Waals surface area contributed by atoms with Gasteiger partial charge < -0.3 is 10.0 Å². The number of hydrogen-bond donors (Lipinski definition) is 1. The van der Waals surface area contributed by atoms with E-state index in [9.17, 15) is 5.11 Å². The van der Waals surface area contributed by atoms with Gasteiger partial charge >= 0.3 is 0 Å². The zero-order valence-electron chi connectivity index (χ0n) is 11.0. The molecule has 0 aromatic carbocycles. The van der Waals surface area contributed by atoms with Crippen LogP contribution < -0.4 is 4.90 Å². The maximum atomic E-state index is 9.85. The quantitative estimate of drug-likeness (QED) is 0.858. The zero-order valence-corrected chi connectivity index (χ0v) is 11.7. The fraction of sp³-hybridized carbons (Fsp3) is 0.429. The normalized spacial score (nSPS) is 20.4. The van der Waals surface area contributed by atoms with E-state index in [0.717, 1.165) is 28.7 Å². The van der Waals surface area contributed by atoms with E-state index >= 15 is 0 Å². The van der Waals surface area contributed by atoms with Gasteiger partial charge in [-0.15, -0.1) is 0 Å².